The third-order valence-electron chi connectivity index (χ3n) is 2.09. The molecule has 3 nitrogen and oxygen atoms in total. The number of hydrogen-bond acceptors (Lipinski definition) is 3. The topological polar surface area (TPSA) is 48.7 Å². The number of nitrogens with zero attached hydrogens (tertiary/aromatic N) is 2. The van der Waals surface area contributed by atoms with Crippen LogP contribution in [0.25, 0.3) is 10.9 Å². The number of hydrogen-bond donors (Lipinski definition) is 1. The molecule has 0 aliphatic carbocycles. The number of nitriles is 1. The number of fused-ring (bicyclic) bond motifs is 1. The number of para-hydroxylation sites is 1. The minimum atomic E-state index is 0.653. The quantitative estimate of drug-likeness (QED) is 0.736. The molecule has 0 radical (unpaired) electrons. The average Bonchev–Trinajstić information content (AvgIpc) is 2.27. The molecule has 1 N–H and O–H groups in total. The van der Waals surface area contributed by atoms with Crippen LogP contribution < -0.4 is 5.32 Å². The van der Waals surface area contributed by atoms with Gasteiger partial charge in [-0.1, -0.05) is 18.2 Å². The molecule has 1 aromatic carbocycles. The van der Waals surface area contributed by atoms with E-state index in [9.17, 15) is 0 Å². The Balaban J connectivity index is 2.82. The number of rotatable bonds is 1. The molecule has 3 heteroatoms. The van der Waals surface area contributed by atoms with E-state index >= 15 is 0 Å². The fourth-order valence-corrected chi connectivity index (χ4v) is 1.40. The SMILES string of the molecule is CNc1cc(C#N)c2ccccc2n1. The van der Waals surface area contributed by atoms with Crippen molar-refractivity contribution in [3.63, 3.8) is 0 Å². The van der Waals surface area contributed by atoms with Gasteiger partial charge in [0.05, 0.1) is 17.1 Å². The summed E-state index contributed by atoms with van der Waals surface area (Å²) in [5.74, 6) is 0.722. The molecule has 68 valence electrons. The first-order chi connectivity index (χ1) is 6.85. The summed E-state index contributed by atoms with van der Waals surface area (Å²) in [5, 5.41) is 12.8. The molecule has 0 saturated heterocycles. The lowest BCUT2D eigenvalue weighted by atomic mass is 10.1. The number of pyridine rings is 1. The van der Waals surface area contributed by atoms with E-state index in [1.165, 1.54) is 0 Å². The Morgan fingerprint density at radius 1 is 1.36 bits per heavy atom. The van der Waals surface area contributed by atoms with Gasteiger partial charge in [0.2, 0.25) is 0 Å². The largest absolute Gasteiger partial charge is 0.373 e. The van der Waals surface area contributed by atoms with Crippen LogP contribution in [0.2, 0.25) is 0 Å². The van der Waals surface area contributed by atoms with Gasteiger partial charge in [0, 0.05) is 12.4 Å². The van der Waals surface area contributed by atoms with Crippen LogP contribution in [0.15, 0.2) is 30.3 Å². The zero-order valence-electron chi connectivity index (χ0n) is 7.78. The van der Waals surface area contributed by atoms with Crippen molar-refractivity contribution in [3.8, 4) is 6.07 Å². The lowest BCUT2D eigenvalue weighted by Gasteiger charge is -2.03. The highest BCUT2D eigenvalue weighted by Gasteiger charge is 2.02. The molecular weight excluding hydrogens is 174 g/mol. The Kier molecular flexibility index (Phi) is 2.04. The maximum absolute atomic E-state index is 8.95. The molecule has 0 amide bonds. The monoisotopic (exact) mass is 183 g/mol. The van der Waals surface area contributed by atoms with Crippen LogP contribution >= 0.6 is 0 Å². The second-order valence-corrected chi connectivity index (χ2v) is 2.93. The van der Waals surface area contributed by atoms with E-state index < -0.39 is 0 Å². The van der Waals surface area contributed by atoms with Crippen molar-refractivity contribution >= 4 is 16.7 Å². The molecule has 2 rings (SSSR count). The molecule has 0 unspecified atom stereocenters. The zero-order valence-corrected chi connectivity index (χ0v) is 7.78. The van der Waals surface area contributed by atoms with Gasteiger partial charge in [-0.05, 0) is 12.1 Å². The van der Waals surface area contributed by atoms with E-state index in [0.717, 1.165) is 16.7 Å². The number of benzene rings is 1. The van der Waals surface area contributed by atoms with Gasteiger partial charge in [-0.15, -0.1) is 0 Å². The summed E-state index contributed by atoms with van der Waals surface area (Å²) in [4.78, 5) is 4.34. The fraction of sp³-hybridized carbons (Fsp3) is 0.0909. The van der Waals surface area contributed by atoms with Crippen molar-refractivity contribution < 1.29 is 0 Å². The van der Waals surface area contributed by atoms with Gasteiger partial charge in [0.1, 0.15) is 5.82 Å². The zero-order chi connectivity index (χ0) is 9.97. The summed E-state index contributed by atoms with van der Waals surface area (Å²) in [6.45, 7) is 0. The Bertz CT molecular complexity index is 511. The Labute approximate surface area is 82.0 Å². The first-order valence-corrected chi connectivity index (χ1v) is 4.33. The van der Waals surface area contributed by atoms with Crippen molar-refractivity contribution in [3.05, 3.63) is 35.9 Å². The van der Waals surface area contributed by atoms with E-state index in [0.29, 0.717) is 5.56 Å². The van der Waals surface area contributed by atoms with Crippen molar-refractivity contribution in [1.29, 1.82) is 5.26 Å². The third-order valence-corrected chi connectivity index (χ3v) is 2.09. The van der Waals surface area contributed by atoms with Crippen molar-refractivity contribution in [1.82, 2.24) is 4.98 Å². The standard InChI is InChI=1S/C11H9N3/c1-13-11-6-8(7-12)9-4-2-3-5-10(9)14-11/h2-6H,1H3,(H,13,14). The van der Waals surface area contributed by atoms with Crippen molar-refractivity contribution in [2.24, 2.45) is 0 Å². The molecule has 1 heterocycles. The number of nitrogens with one attached hydrogen (secondary N) is 1. The Morgan fingerprint density at radius 3 is 2.86 bits per heavy atom. The predicted molar refractivity (Wildman–Crippen MR) is 56.0 cm³/mol. The maximum Gasteiger partial charge on any atom is 0.127 e. The second kappa shape index (κ2) is 3.35. The van der Waals surface area contributed by atoms with Crippen molar-refractivity contribution in [2.45, 2.75) is 0 Å². The van der Waals surface area contributed by atoms with Gasteiger partial charge in [-0.3, -0.25) is 0 Å². The second-order valence-electron chi connectivity index (χ2n) is 2.93. The van der Waals surface area contributed by atoms with E-state index in [1.807, 2.05) is 24.3 Å². The minimum absolute atomic E-state index is 0.653. The lowest BCUT2D eigenvalue weighted by molar-refractivity contribution is 1.33. The Hall–Kier alpha value is -2.08. The number of anilines is 1. The molecule has 1 aromatic heterocycles. The van der Waals surface area contributed by atoms with Gasteiger partial charge in [-0.2, -0.15) is 5.26 Å². The van der Waals surface area contributed by atoms with Crippen molar-refractivity contribution in [2.75, 3.05) is 12.4 Å². The summed E-state index contributed by atoms with van der Waals surface area (Å²) < 4.78 is 0. The van der Waals surface area contributed by atoms with Gasteiger partial charge in [0.15, 0.2) is 0 Å². The first-order valence-electron chi connectivity index (χ1n) is 4.33. The van der Waals surface area contributed by atoms with Gasteiger partial charge in [0.25, 0.3) is 0 Å². The summed E-state index contributed by atoms with van der Waals surface area (Å²) in [6, 6.07) is 11.5. The van der Waals surface area contributed by atoms with Crippen LogP contribution in [0, 0.1) is 11.3 Å². The summed E-state index contributed by atoms with van der Waals surface area (Å²) in [6.07, 6.45) is 0. The number of aromatic nitrogens is 1. The van der Waals surface area contributed by atoms with Crippen LogP contribution in [0.5, 0.6) is 0 Å². The van der Waals surface area contributed by atoms with E-state index in [4.69, 9.17) is 5.26 Å². The highest BCUT2D eigenvalue weighted by molar-refractivity contribution is 5.86. The molecule has 0 saturated carbocycles. The third kappa shape index (κ3) is 1.27. The molecule has 2 aromatic rings. The highest BCUT2D eigenvalue weighted by atomic mass is 15.0. The van der Waals surface area contributed by atoms with Crippen LogP contribution in [0.4, 0.5) is 5.82 Å². The predicted octanol–water partition coefficient (Wildman–Crippen LogP) is 2.15. The average molecular weight is 183 g/mol. The van der Waals surface area contributed by atoms with E-state index in [-0.39, 0.29) is 0 Å². The fourth-order valence-electron chi connectivity index (χ4n) is 1.40. The Morgan fingerprint density at radius 2 is 2.14 bits per heavy atom. The molecule has 0 spiro atoms. The molecule has 0 aliphatic heterocycles. The maximum atomic E-state index is 8.95. The molecule has 14 heavy (non-hydrogen) atoms. The summed E-state index contributed by atoms with van der Waals surface area (Å²) >= 11 is 0. The molecule has 0 aliphatic rings. The smallest absolute Gasteiger partial charge is 0.127 e. The summed E-state index contributed by atoms with van der Waals surface area (Å²) in [5.41, 5.74) is 1.50. The first kappa shape index (κ1) is 8.52. The van der Waals surface area contributed by atoms with Gasteiger partial charge in [-0.25, -0.2) is 4.98 Å². The minimum Gasteiger partial charge on any atom is -0.373 e. The normalized spacial score (nSPS) is 9.71. The van der Waals surface area contributed by atoms with E-state index in [2.05, 4.69) is 16.4 Å². The van der Waals surface area contributed by atoms with Crippen LogP contribution in [0.3, 0.4) is 0 Å². The molecule has 0 bridgehead atoms. The summed E-state index contributed by atoms with van der Waals surface area (Å²) in [7, 11) is 1.79. The molecule has 0 fully saturated rings. The van der Waals surface area contributed by atoms with Gasteiger partial charge < -0.3 is 5.32 Å². The highest BCUT2D eigenvalue weighted by Crippen LogP contribution is 2.19. The van der Waals surface area contributed by atoms with Crippen LogP contribution in [-0.4, -0.2) is 12.0 Å². The van der Waals surface area contributed by atoms with Gasteiger partial charge >= 0.3 is 0 Å². The van der Waals surface area contributed by atoms with E-state index in [1.54, 1.807) is 13.1 Å². The lowest BCUT2D eigenvalue weighted by Crippen LogP contribution is -1.94. The molecule has 0 atom stereocenters. The van der Waals surface area contributed by atoms with Crippen LogP contribution in [0.1, 0.15) is 5.56 Å². The van der Waals surface area contributed by atoms with Crippen LogP contribution in [-0.2, 0) is 0 Å². The molecular formula is C11H9N3.